The number of carbonyl (C=O) groups is 1. The van der Waals surface area contributed by atoms with Gasteiger partial charge in [-0.1, -0.05) is 15.9 Å². The third-order valence-electron chi connectivity index (χ3n) is 2.83. The summed E-state index contributed by atoms with van der Waals surface area (Å²) in [5.41, 5.74) is 0.284. The lowest BCUT2D eigenvalue weighted by molar-refractivity contribution is 0.103. The van der Waals surface area contributed by atoms with E-state index in [-0.39, 0.29) is 5.56 Å². The van der Waals surface area contributed by atoms with E-state index in [9.17, 15) is 9.18 Å². The lowest BCUT2D eigenvalue weighted by atomic mass is 10.0. The van der Waals surface area contributed by atoms with E-state index in [1.807, 2.05) is 0 Å². The van der Waals surface area contributed by atoms with E-state index in [4.69, 9.17) is 9.47 Å². The highest BCUT2D eigenvalue weighted by Gasteiger charge is 2.18. The molecule has 0 N–H and O–H groups in total. The monoisotopic (exact) mass is 338 g/mol. The number of ether oxygens (including phenoxy) is 2. The van der Waals surface area contributed by atoms with Gasteiger partial charge in [-0.15, -0.1) is 0 Å². The fourth-order valence-corrected chi connectivity index (χ4v) is 2.14. The number of rotatable bonds is 4. The molecule has 0 radical (unpaired) electrons. The first-order valence-electron chi connectivity index (χ1n) is 5.78. The SMILES string of the molecule is COc1ccc(C(=O)c2ccc(Br)cc2OC)c(F)c1. The molecule has 0 heterocycles. The smallest absolute Gasteiger partial charge is 0.199 e. The van der Waals surface area contributed by atoms with Crippen molar-refractivity contribution >= 4 is 21.7 Å². The molecule has 0 aliphatic heterocycles. The molecule has 0 atom stereocenters. The zero-order chi connectivity index (χ0) is 14.7. The van der Waals surface area contributed by atoms with Gasteiger partial charge in [0.25, 0.3) is 0 Å². The molecule has 2 rings (SSSR count). The summed E-state index contributed by atoms with van der Waals surface area (Å²) in [5, 5.41) is 0. The van der Waals surface area contributed by atoms with Crippen LogP contribution in [0.4, 0.5) is 4.39 Å². The second kappa shape index (κ2) is 6.05. The van der Waals surface area contributed by atoms with Crippen molar-refractivity contribution in [1.29, 1.82) is 0 Å². The number of hydrogen-bond acceptors (Lipinski definition) is 3. The summed E-state index contributed by atoms with van der Waals surface area (Å²) >= 11 is 3.29. The molecule has 0 amide bonds. The minimum Gasteiger partial charge on any atom is -0.497 e. The maximum atomic E-state index is 13.9. The Labute approximate surface area is 124 Å². The lowest BCUT2D eigenvalue weighted by Crippen LogP contribution is -2.06. The zero-order valence-corrected chi connectivity index (χ0v) is 12.5. The van der Waals surface area contributed by atoms with Crippen molar-refractivity contribution in [1.82, 2.24) is 0 Å². The molecule has 0 saturated carbocycles. The Morgan fingerprint density at radius 1 is 1.05 bits per heavy atom. The van der Waals surface area contributed by atoms with Crippen LogP contribution in [0.5, 0.6) is 11.5 Å². The average molecular weight is 339 g/mol. The van der Waals surface area contributed by atoms with Crippen LogP contribution in [0.3, 0.4) is 0 Å². The van der Waals surface area contributed by atoms with E-state index < -0.39 is 11.6 Å². The molecule has 20 heavy (non-hydrogen) atoms. The number of carbonyl (C=O) groups excluding carboxylic acids is 1. The van der Waals surface area contributed by atoms with Crippen molar-refractivity contribution in [2.24, 2.45) is 0 Å². The Hall–Kier alpha value is -1.88. The van der Waals surface area contributed by atoms with Crippen LogP contribution in [0.2, 0.25) is 0 Å². The number of halogens is 2. The van der Waals surface area contributed by atoms with E-state index in [0.29, 0.717) is 17.1 Å². The van der Waals surface area contributed by atoms with Gasteiger partial charge >= 0.3 is 0 Å². The summed E-state index contributed by atoms with van der Waals surface area (Å²) in [6.45, 7) is 0. The van der Waals surface area contributed by atoms with Crippen LogP contribution in [-0.4, -0.2) is 20.0 Å². The van der Waals surface area contributed by atoms with Gasteiger partial charge in [-0.05, 0) is 30.3 Å². The fraction of sp³-hybridized carbons (Fsp3) is 0.133. The van der Waals surface area contributed by atoms with Gasteiger partial charge in [0.1, 0.15) is 17.3 Å². The third kappa shape index (κ3) is 2.82. The molecule has 104 valence electrons. The molecular formula is C15H12BrFO3. The molecule has 3 nitrogen and oxygen atoms in total. The van der Waals surface area contributed by atoms with Gasteiger partial charge in [-0.2, -0.15) is 0 Å². The third-order valence-corrected chi connectivity index (χ3v) is 3.32. The Bertz CT molecular complexity index is 656. The normalized spacial score (nSPS) is 10.2. The number of benzene rings is 2. The maximum absolute atomic E-state index is 13.9. The van der Waals surface area contributed by atoms with E-state index in [2.05, 4.69) is 15.9 Å². The largest absolute Gasteiger partial charge is 0.497 e. The van der Waals surface area contributed by atoms with Crippen molar-refractivity contribution in [3.05, 3.63) is 57.8 Å². The van der Waals surface area contributed by atoms with Crippen LogP contribution in [0.15, 0.2) is 40.9 Å². The van der Waals surface area contributed by atoms with Crippen LogP contribution >= 0.6 is 15.9 Å². The summed E-state index contributed by atoms with van der Waals surface area (Å²) in [7, 11) is 2.90. The Morgan fingerprint density at radius 3 is 2.35 bits per heavy atom. The van der Waals surface area contributed by atoms with E-state index >= 15 is 0 Å². The number of methoxy groups -OCH3 is 2. The summed E-state index contributed by atoms with van der Waals surface area (Å²) in [6.07, 6.45) is 0. The van der Waals surface area contributed by atoms with Crippen molar-refractivity contribution < 1.29 is 18.7 Å². The van der Waals surface area contributed by atoms with Gasteiger partial charge in [0.15, 0.2) is 5.78 Å². The molecule has 0 aliphatic carbocycles. The Morgan fingerprint density at radius 2 is 1.75 bits per heavy atom. The highest BCUT2D eigenvalue weighted by Crippen LogP contribution is 2.27. The summed E-state index contributed by atoms with van der Waals surface area (Å²) in [6, 6.07) is 9.08. The van der Waals surface area contributed by atoms with Crippen molar-refractivity contribution in [2.45, 2.75) is 0 Å². The highest BCUT2D eigenvalue weighted by molar-refractivity contribution is 9.10. The van der Waals surface area contributed by atoms with Crippen LogP contribution in [-0.2, 0) is 0 Å². The topological polar surface area (TPSA) is 35.5 Å². The van der Waals surface area contributed by atoms with Crippen LogP contribution in [0, 0.1) is 5.82 Å². The van der Waals surface area contributed by atoms with E-state index in [1.165, 1.54) is 26.4 Å². The molecular weight excluding hydrogens is 327 g/mol. The lowest BCUT2D eigenvalue weighted by Gasteiger charge is -2.09. The molecule has 0 unspecified atom stereocenters. The average Bonchev–Trinajstić information content (AvgIpc) is 2.46. The summed E-state index contributed by atoms with van der Waals surface area (Å²) < 4.78 is 24.8. The Balaban J connectivity index is 2.46. The minimum atomic E-state index is -0.626. The first-order valence-corrected chi connectivity index (χ1v) is 6.58. The molecule has 0 fully saturated rings. The van der Waals surface area contributed by atoms with E-state index in [0.717, 1.165) is 4.47 Å². The molecule has 0 aliphatic rings. The number of ketones is 1. The highest BCUT2D eigenvalue weighted by atomic mass is 79.9. The van der Waals surface area contributed by atoms with Crippen LogP contribution in [0.1, 0.15) is 15.9 Å². The Kier molecular flexibility index (Phi) is 4.39. The molecule has 5 heteroatoms. The van der Waals surface area contributed by atoms with Gasteiger partial charge < -0.3 is 9.47 Å². The molecule has 2 aromatic carbocycles. The molecule has 0 spiro atoms. The van der Waals surface area contributed by atoms with Crippen LogP contribution < -0.4 is 9.47 Å². The fourth-order valence-electron chi connectivity index (χ4n) is 1.80. The predicted octanol–water partition coefficient (Wildman–Crippen LogP) is 3.84. The minimum absolute atomic E-state index is 0.0218. The second-order valence-electron chi connectivity index (χ2n) is 4.02. The first-order chi connectivity index (χ1) is 9.56. The predicted molar refractivity (Wildman–Crippen MR) is 77.1 cm³/mol. The summed E-state index contributed by atoms with van der Waals surface area (Å²) in [5.74, 6) is -0.310. The zero-order valence-electron chi connectivity index (χ0n) is 10.9. The molecule has 0 bridgehead atoms. The van der Waals surface area contributed by atoms with Crippen molar-refractivity contribution in [3.8, 4) is 11.5 Å². The van der Waals surface area contributed by atoms with Crippen molar-refractivity contribution in [2.75, 3.05) is 14.2 Å². The molecule has 0 saturated heterocycles. The van der Waals surface area contributed by atoms with Gasteiger partial charge in [0.05, 0.1) is 25.3 Å². The molecule has 2 aromatic rings. The van der Waals surface area contributed by atoms with Crippen molar-refractivity contribution in [3.63, 3.8) is 0 Å². The first kappa shape index (κ1) is 14.5. The molecule has 0 aromatic heterocycles. The number of hydrogen-bond donors (Lipinski definition) is 0. The van der Waals surface area contributed by atoms with Crippen LogP contribution in [0.25, 0.3) is 0 Å². The van der Waals surface area contributed by atoms with Gasteiger partial charge in [-0.3, -0.25) is 4.79 Å². The van der Waals surface area contributed by atoms with Gasteiger partial charge in [0, 0.05) is 10.5 Å². The van der Waals surface area contributed by atoms with Gasteiger partial charge in [0.2, 0.25) is 0 Å². The quantitative estimate of drug-likeness (QED) is 0.794. The maximum Gasteiger partial charge on any atom is 0.199 e. The standard InChI is InChI=1S/C15H12BrFO3/c1-19-10-4-6-11(13(17)8-10)15(18)12-5-3-9(16)7-14(12)20-2/h3-8H,1-2H3. The van der Waals surface area contributed by atoms with E-state index in [1.54, 1.807) is 24.3 Å². The summed E-state index contributed by atoms with van der Waals surface area (Å²) in [4.78, 5) is 12.4. The second-order valence-corrected chi connectivity index (χ2v) is 4.94. The van der Waals surface area contributed by atoms with Gasteiger partial charge in [-0.25, -0.2) is 4.39 Å².